The summed E-state index contributed by atoms with van der Waals surface area (Å²) >= 11 is -1.47. The number of hydrogen-bond acceptors (Lipinski definition) is 6. The van der Waals surface area contributed by atoms with Gasteiger partial charge in [-0.3, -0.25) is 9.00 Å². The lowest BCUT2D eigenvalue weighted by Crippen LogP contribution is -2.57. The molecule has 0 aliphatic rings. The van der Waals surface area contributed by atoms with Gasteiger partial charge in [-0.15, -0.1) is 4.72 Å². The molecular weight excluding hydrogens is 559 g/mol. The van der Waals surface area contributed by atoms with Crippen LogP contribution in [0.5, 0.6) is 0 Å². The van der Waals surface area contributed by atoms with Crippen molar-refractivity contribution in [1.82, 2.24) is 4.72 Å². The Balaban J connectivity index is 3.92. The normalized spacial score (nSPS) is 17.6. The lowest BCUT2D eigenvalue weighted by Gasteiger charge is -2.44. The molecule has 1 N–H and O–H groups in total. The number of carbonyl (C=O) groups excluding carboxylic acids is 1. The molecule has 0 aliphatic carbocycles. The van der Waals surface area contributed by atoms with Crippen molar-refractivity contribution in [3.63, 3.8) is 0 Å². The van der Waals surface area contributed by atoms with Gasteiger partial charge in [0, 0.05) is 33.3 Å². The van der Waals surface area contributed by atoms with Gasteiger partial charge in [-0.2, -0.15) is 0 Å². The summed E-state index contributed by atoms with van der Waals surface area (Å²) in [4.78, 5) is 12.3. The fraction of sp³-hybridized carbons (Fsp3) is 0.774. The van der Waals surface area contributed by atoms with E-state index in [9.17, 15) is 13.6 Å². The molecule has 0 heterocycles. The summed E-state index contributed by atoms with van der Waals surface area (Å²) in [5.74, 6) is -0.331. The molecule has 0 saturated heterocycles. The molecule has 232 valence electrons. The van der Waals surface area contributed by atoms with Crippen molar-refractivity contribution < 1.29 is 22.7 Å². The highest BCUT2D eigenvalue weighted by Gasteiger charge is 2.47. The fourth-order valence-electron chi connectivity index (χ4n) is 3.88. The van der Waals surface area contributed by atoms with E-state index in [2.05, 4.69) is 71.5 Å². The number of nitrogens with one attached hydrogen (secondary N) is 1. The van der Waals surface area contributed by atoms with E-state index in [1.54, 1.807) is 0 Å². The van der Waals surface area contributed by atoms with Gasteiger partial charge in [0.15, 0.2) is 8.32 Å². The van der Waals surface area contributed by atoms with Crippen LogP contribution < -0.4 is 4.72 Å². The number of methoxy groups -OCH3 is 1. The Morgan fingerprint density at radius 2 is 1.48 bits per heavy atom. The SMILES string of the molecule is COC(=O)CC[C@H](O[Si](C)(C)C(C)(C)C)C(N[S+]([O-])C(C)(C)C)C(c1ccc(C(C)(C)C)cc1)[S@@](=O)C(C)(C)C. The highest BCUT2D eigenvalue weighted by molar-refractivity contribution is 7.91. The second-order valence-electron chi connectivity index (χ2n) is 15.3. The molecule has 0 aromatic heterocycles. The molecule has 0 saturated carbocycles. The topological polar surface area (TPSA) is 87.7 Å². The first-order chi connectivity index (χ1) is 17.8. The maximum absolute atomic E-state index is 14.4. The van der Waals surface area contributed by atoms with Gasteiger partial charge in [-0.05, 0) is 82.6 Å². The minimum absolute atomic E-state index is 0.0307. The molecule has 5 atom stereocenters. The standard InChI is InChI=1S/C31H57NO5S2Si/c1-28(2,3)23-18-16-22(17-19-23)27(38(34)29(4,5)6)26(32-39(35)30(7,8)9)24(20-21-25(33)36-13)37-40(14,15)31(10,11)12/h16-19,24,26-27,32H,20-21H2,1-15H3/t24-,26?,27?,38+,39?/m0/s1. The fourth-order valence-corrected chi connectivity index (χ4v) is 7.91. The molecule has 0 amide bonds. The average Bonchev–Trinajstić information content (AvgIpc) is 2.78. The summed E-state index contributed by atoms with van der Waals surface area (Å²) in [6.45, 7) is 29.0. The maximum atomic E-state index is 14.4. The van der Waals surface area contributed by atoms with Crippen LogP contribution in [0.1, 0.15) is 112 Å². The molecule has 0 aliphatic heterocycles. The van der Waals surface area contributed by atoms with Crippen LogP contribution in [0.15, 0.2) is 24.3 Å². The minimum atomic E-state index is -2.36. The van der Waals surface area contributed by atoms with E-state index in [1.807, 2.05) is 53.7 Å². The van der Waals surface area contributed by atoms with Gasteiger partial charge in [-0.1, -0.05) is 65.8 Å². The van der Waals surface area contributed by atoms with Gasteiger partial charge in [-0.25, -0.2) is 0 Å². The lowest BCUT2D eigenvalue weighted by molar-refractivity contribution is -0.141. The van der Waals surface area contributed by atoms with Crippen molar-refractivity contribution in [2.45, 2.75) is 146 Å². The molecule has 9 heteroatoms. The van der Waals surface area contributed by atoms with Crippen molar-refractivity contribution in [1.29, 1.82) is 0 Å². The van der Waals surface area contributed by atoms with Crippen LogP contribution in [0.4, 0.5) is 0 Å². The van der Waals surface area contributed by atoms with E-state index < -0.39 is 57.4 Å². The van der Waals surface area contributed by atoms with Crippen LogP contribution in [0, 0.1) is 0 Å². The largest absolute Gasteiger partial charge is 0.598 e. The molecule has 0 spiro atoms. The van der Waals surface area contributed by atoms with E-state index in [1.165, 1.54) is 12.7 Å². The maximum Gasteiger partial charge on any atom is 0.305 e. The summed E-state index contributed by atoms with van der Waals surface area (Å²) in [6, 6.07) is 7.70. The van der Waals surface area contributed by atoms with Gasteiger partial charge >= 0.3 is 5.97 Å². The van der Waals surface area contributed by atoms with Crippen LogP contribution in [0.2, 0.25) is 18.1 Å². The Morgan fingerprint density at radius 3 is 1.85 bits per heavy atom. The zero-order chi connectivity index (χ0) is 31.5. The van der Waals surface area contributed by atoms with Crippen LogP contribution in [0.3, 0.4) is 0 Å². The molecule has 0 radical (unpaired) electrons. The third-order valence-corrected chi connectivity index (χ3v) is 15.9. The van der Waals surface area contributed by atoms with E-state index >= 15 is 0 Å². The predicted molar refractivity (Wildman–Crippen MR) is 174 cm³/mol. The summed E-state index contributed by atoms with van der Waals surface area (Å²) in [6.07, 6.45) is -0.0192. The number of rotatable bonds is 11. The number of benzene rings is 1. The minimum Gasteiger partial charge on any atom is -0.598 e. The number of hydrogen-bond donors (Lipinski definition) is 1. The Hall–Kier alpha value is -0.713. The predicted octanol–water partition coefficient (Wildman–Crippen LogP) is 7.34. The van der Waals surface area contributed by atoms with E-state index in [0.29, 0.717) is 6.42 Å². The first-order valence-corrected chi connectivity index (χ1v) is 19.5. The van der Waals surface area contributed by atoms with Gasteiger partial charge < -0.3 is 13.7 Å². The highest BCUT2D eigenvalue weighted by Crippen LogP contribution is 2.41. The number of ether oxygens (including phenoxy) is 1. The zero-order valence-electron chi connectivity index (χ0n) is 27.8. The third kappa shape index (κ3) is 10.5. The lowest BCUT2D eigenvalue weighted by atomic mass is 9.86. The monoisotopic (exact) mass is 615 g/mol. The highest BCUT2D eigenvalue weighted by atomic mass is 32.2. The second kappa shape index (κ2) is 13.7. The van der Waals surface area contributed by atoms with Crippen LogP contribution >= 0.6 is 0 Å². The first kappa shape index (κ1) is 37.3. The van der Waals surface area contributed by atoms with E-state index in [4.69, 9.17) is 9.16 Å². The molecule has 1 aromatic rings. The molecule has 1 rings (SSSR count). The van der Waals surface area contributed by atoms with Crippen molar-refractivity contribution in [2.24, 2.45) is 0 Å². The molecule has 0 bridgehead atoms. The van der Waals surface area contributed by atoms with Crippen LogP contribution in [0.25, 0.3) is 0 Å². The average molecular weight is 616 g/mol. The zero-order valence-corrected chi connectivity index (χ0v) is 30.4. The van der Waals surface area contributed by atoms with E-state index in [0.717, 1.165) is 5.56 Å². The Kier molecular flexibility index (Phi) is 12.8. The van der Waals surface area contributed by atoms with Gasteiger partial charge in [0.05, 0.1) is 24.5 Å². The molecule has 3 unspecified atom stereocenters. The molecule has 40 heavy (non-hydrogen) atoms. The quantitative estimate of drug-likeness (QED) is 0.159. The van der Waals surface area contributed by atoms with Gasteiger partial charge in [0.25, 0.3) is 0 Å². The number of esters is 1. The van der Waals surface area contributed by atoms with Gasteiger partial charge in [0.2, 0.25) is 0 Å². The van der Waals surface area contributed by atoms with E-state index in [-0.39, 0.29) is 22.8 Å². The van der Waals surface area contributed by atoms with Crippen molar-refractivity contribution in [3.05, 3.63) is 35.4 Å². The Bertz CT molecular complexity index is 985. The second-order valence-corrected chi connectivity index (χ2v) is 24.3. The Morgan fingerprint density at radius 1 is 0.975 bits per heavy atom. The van der Waals surface area contributed by atoms with Crippen molar-refractivity contribution in [2.75, 3.05) is 7.11 Å². The molecule has 6 nitrogen and oxygen atoms in total. The van der Waals surface area contributed by atoms with Crippen molar-refractivity contribution in [3.8, 4) is 0 Å². The van der Waals surface area contributed by atoms with Gasteiger partial charge in [0.1, 0.15) is 4.75 Å². The van der Waals surface area contributed by atoms with Crippen molar-refractivity contribution >= 4 is 36.4 Å². The van der Waals surface area contributed by atoms with Crippen LogP contribution in [-0.4, -0.2) is 51.8 Å². The summed E-state index contributed by atoms with van der Waals surface area (Å²) < 4.78 is 42.4. The Labute approximate surface area is 252 Å². The number of carbonyl (C=O) groups is 1. The molecule has 0 fully saturated rings. The summed E-state index contributed by atoms with van der Waals surface area (Å²) in [7, 11) is -2.37. The summed E-state index contributed by atoms with van der Waals surface area (Å²) in [5.41, 5.74) is 2.04. The molecule has 1 aromatic carbocycles. The third-order valence-electron chi connectivity index (χ3n) is 7.58. The smallest absolute Gasteiger partial charge is 0.305 e. The summed E-state index contributed by atoms with van der Waals surface area (Å²) in [5, 5.41) is -0.634. The van der Waals surface area contributed by atoms with Crippen LogP contribution in [-0.2, 0) is 41.5 Å². The molecular formula is C31H57NO5S2Si. The first-order valence-electron chi connectivity index (χ1n) is 14.3.